The third-order valence-corrected chi connectivity index (χ3v) is 4.98. The standard InChI is InChI=1S/C18H28INO4.C6H5IO2/c1-5-6-9-22-15-11-14(19)12-16(13-15)23-10-7-8-20-17(21)24-18(2,3)4;7-4-1-5(8)3-6(9)2-4/h11-13H,5-10H2,1-4H3,(H,20,21);1-3,8-9H. The van der Waals surface area contributed by atoms with E-state index in [1.165, 1.54) is 6.07 Å². The molecule has 1 amide bonds. The molecular weight excluding hydrogens is 652 g/mol. The van der Waals surface area contributed by atoms with Gasteiger partial charge in [0, 0.05) is 25.8 Å². The fourth-order valence-electron chi connectivity index (χ4n) is 2.36. The minimum Gasteiger partial charge on any atom is -0.508 e. The number of rotatable bonds is 9. The fraction of sp³-hybridized carbons (Fsp3) is 0.458. The van der Waals surface area contributed by atoms with Crippen molar-refractivity contribution in [3.63, 3.8) is 0 Å². The van der Waals surface area contributed by atoms with Crippen LogP contribution in [0.25, 0.3) is 0 Å². The first-order valence-corrected chi connectivity index (χ1v) is 12.9. The Labute approximate surface area is 223 Å². The van der Waals surface area contributed by atoms with E-state index in [2.05, 4.69) is 34.8 Å². The second-order valence-corrected chi connectivity index (χ2v) is 10.6. The van der Waals surface area contributed by atoms with Crippen LogP contribution in [0.2, 0.25) is 0 Å². The van der Waals surface area contributed by atoms with E-state index >= 15 is 0 Å². The molecule has 9 heteroatoms. The number of nitrogens with one attached hydrogen (secondary N) is 1. The lowest BCUT2D eigenvalue weighted by atomic mass is 10.2. The molecule has 0 spiro atoms. The SMILES string of the molecule is CCCCOc1cc(I)cc(OCCCNC(=O)OC(C)(C)C)c1.Oc1cc(O)cc(I)c1. The van der Waals surface area contributed by atoms with Crippen LogP contribution in [-0.4, -0.2) is 41.7 Å². The van der Waals surface area contributed by atoms with E-state index in [9.17, 15) is 4.79 Å². The molecule has 7 nitrogen and oxygen atoms in total. The van der Waals surface area contributed by atoms with Crippen LogP contribution in [0.4, 0.5) is 4.79 Å². The van der Waals surface area contributed by atoms with Crippen LogP contribution in [0, 0.1) is 7.14 Å². The van der Waals surface area contributed by atoms with E-state index in [-0.39, 0.29) is 11.5 Å². The van der Waals surface area contributed by atoms with Gasteiger partial charge in [0.15, 0.2) is 0 Å². The molecule has 33 heavy (non-hydrogen) atoms. The summed E-state index contributed by atoms with van der Waals surface area (Å²) in [4.78, 5) is 11.5. The van der Waals surface area contributed by atoms with Gasteiger partial charge in [-0.15, -0.1) is 0 Å². The minimum absolute atomic E-state index is 0.0967. The van der Waals surface area contributed by atoms with Gasteiger partial charge in [-0.3, -0.25) is 0 Å². The highest BCUT2D eigenvalue weighted by atomic mass is 127. The average molecular weight is 685 g/mol. The van der Waals surface area contributed by atoms with Crippen molar-refractivity contribution >= 4 is 51.3 Å². The van der Waals surface area contributed by atoms with Crippen molar-refractivity contribution in [3.05, 3.63) is 43.5 Å². The molecule has 0 atom stereocenters. The Kier molecular flexibility index (Phi) is 13.6. The monoisotopic (exact) mass is 685 g/mol. The summed E-state index contributed by atoms with van der Waals surface area (Å²) < 4.78 is 18.5. The fourth-order valence-corrected chi connectivity index (χ4v) is 3.62. The summed E-state index contributed by atoms with van der Waals surface area (Å²) in [6, 6.07) is 10.3. The van der Waals surface area contributed by atoms with Gasteiger partial charge in [0.25, 0.3) is 0 Å². The Morgan fingerprint density at radius 1 is 0.879 bits per heavy atom. The Balaban J connectivity index is 0.000000502. The van der Waals surface area contributed by atoms with Crippen molar-refractivity contribution in [1.29, 1.82) is 0 Å². The van der Waals surface area contributed by atoms with Gasteiger partial charge in [-0.25, -0.2) is 4.79 Å². The summed E-state index contributed by atoms with van der Waals surface area (Å²) >= 11 is 4.26. The van der Waals surface area contributed by atoms with E-state index in [0.717, 1.165) is 38.1 Å². The number of phenols is 2. The van der Waals surface area contributed by atoms with E-state index in [4.69, 9.17) is 24.4 Å². The molecule has 0 radical (unpaired) electrons. The first kappa shape index (κ1) is 29.4. The summed E-state index contributed by atoms with van der Waals surface area (Å²) in [5.41, 5.74) is -0.477. The zero-order chi connectivity index (χ0) is 24.9. The third kappa shape index (κ3) is 15.0. The van der Waals surface area contributed by atoms with Gasteiger partial charge >= 0.3 is 6.09 Å². The predicted octanol–water partition coefficient (Wildman–Crippen LogP) is 6.47. The maximum Gasteiger partial charge on any atom is 0.407 e. The van der Waals surface area contributed by atoms with Gasteiger partial charge in [-0.1, -0.05) is 13.3 Å². The first-order valence-electron chi connectivity index (χ1n) is 10.7. The van der Waals surface area contributed by atoms with Gasteiger partial charge in [0.2, 0.25) is 0 Å². The van der Waals surface area contributed by atoms with Crippen molar-refractivity contribution < 1.29 is 29.2 Å². The minimum atomic E-state index is -0.477. The van der Waals surface area contributed by atoms with Gasteiger partial charge in [-0.2, -0.15) is 0 Å². The molecule has 0 aliphatic heterocycles. The highest BCUT2D eigenvalue weighted by Crippen LogP contribution is 2.24. The van der Waals surface area contributed by atoms with Gasteiger partial charge in [0.1, 0.15) is 28.6 Å². The summed E-state index contributed by atoms with van der Waals surface area (Å²) in [6.07, 6.45) is 2.45. The number of amides is 1. The number of alkyl carbamates (subject to hydrolysis) is 1. The van der Waals surface area contributed by atoms with Crippen molar-refractivity contribution in [3.8, 4) is 23.0 Å². The van der Waals surface area contributed by atoms with Crippen molar-refractivity contribution in [1.82, 2.24) is 5.32 Å². The zero-order valence-electron chi connectivity index (χ0n) is 19.5. The highest BCUT2D eigenvalue weighted by molar-refractivity contribution is 14.1. The Bertz CT molecular complexity index is 820. The second kappa shape index (κ2) is 15.3. The first-order chi connectivity index (χ1) is 15.5. The van der Waals surface area contributed by atoms with Crippen LogP contribution in [0.5, 0.6) is 23.0 Å². The molecule has 0 unspecified atom stereocenters. The molecule has 184 valence electrons. The molecule has 3 N–H and O–H groups in total. The van der Waals surface area contributed by atoms with E-state index in [0.29, 0.717) is 19.6 Å². The van der Waals surface area contributed by atoms with Gasteiger partial charge in [0.05, 0.1) is 13.2 Å². The lowest BCUT2D eigenvalue weighted by Gasteiger charge is -2.19. The Morgan fingerprint density at radius 3 is 1.88 bits per heavy atom. The molecule has 0 aliphatic carbocycles. The largest absolute Gasteiger partial charge is 0.508 e. The maximum atomic E-state index is 11.5. The number of benzene rings is 2. The molecular formula is C24H33I2NO6. The number of halogens is 2. The van der Waals surface area contributed by atoms with Crippen LogP contribution >= 0.6 is 45.2 Å². The number of hydrogen-bond acceptors (Lipinski definition) is 6. The van der Waals surface area contributed by atoms with Crippen LogP contribution < -0.4 is 14.8 Å². The summed E-state index contributed by atoms with van der Waals surface area (Å²) in [7, 11) is 0. The molecule has 0 saturated carbocycles. The smallest absolute Gasteiger partial charge is 0.407 e. The van der Waals surface area contributed by atoms with E-state index in [1.54, 1.807) is 12.1 Å². The Hall–Kier alpha value is -1.63. The Morgan fingerprint density at radius 2 is 1.39 bits per heavy atom. The van der Waals surface area contributed by atoms with E-state index < -0.39 is 11.7 Å². The summed E-state index contributed by atoms with van der Waals surface area (Å²) in [5.74, 6) is 1.81. The highest BCUT2D eigenvalue weighted by Gasteiger charge is 2.15. The van der Waals surface area contributed by atoms with Crippen LogP contribution in [-0.2, 0) is 4.74 Å². The number of hydrogen-bond donors (Lipinski definition) is 3. The normalized spacial score (nSPS) is 10.6. The summed E-state index contributed by atoms with van der Waals surface area (Å²) in [6.45, 7) is 9.41. The van der Waals surface area contributed by atoms with Crippen LogP contribution in [0.3, 0.4) is 0 Å². The number of unbranched alkanes of at least 4 members (excludes halogenated alkanes) is 1. The number of ether oxygens (including phenoxy) is 3. The number of aromatic hydroxyl groups is 2. The second-order valence-electron chi connectivity index (χ2n) is 8.12. The molecule has 0 aromatic heterocycles. The van der Waals surface area contributed by atoms with Crippen LogP contribution in [0.1, 0.15) is 47.0 Å². The van der Waals surface area contributed by atoms with Crippen molar-refractivity contribution in [2.24, 2.45) is 0 Å². The molecule has 0 heterocycles. The molecule has 2 rings (SSSR count). The molecule has 2 aromatic carbocycles. The molecule has 0 aliphatic rings. The number of carbonyl (C=O) groups is 1. The quantitative estimate of drug-likeness (QED) is 0.207. The topological polar surface area (TPSA) is 97.3 Å². The third-order valence-electron chi connectivity index (χ3n) is 3.74. The van der Waals surface area contributed by atoms with Crippen molar-refractivity contribution in [2.45, 2.75) is 52.6 Å². The average Bonchev–Trinajstić information content (AvgIpc) is 2.65. The van der Waals surface area contributed by atoms with Crippen molar-refractivity contribution in [2.75, 3.05) is 19.8 Å². The van der Waals surface area contributed by atoms with E-state index in [1.807, 2.05) is 61.6 Å². The molecule has 2 aromatic rings. The zero-order valence-corrected chi connectivity index (χ0v) is 23.8. The summed E-state index contributed by atoms with van der Waals surface area (Å²) in [5, 5.41) is 20.4. The molecule has 0 saturated heterocycles. The maximum absolute atomic E-state index is 11.5. The van der Waals surface area contributed by atoms with Gasteiger partial charge < -0.3 is 29.7 Å². The molecule has 0 bridgehead atoms. The van der Waals surface area contributed by atoms with Crippen LogP contribution in [0.15, 0.2) is 36.4 Å². The number of carbonyl (C=O) groups excluding carboxylic acids is 1. The lowest BCUT2D eigenvalue weighted by Crippen LogP contribution is -2.33. The lowest BCUT2D eigenvalue weighted by molar-refractivity contribution is 0.0525. The predicted molar refractivity (Wildman–Crippen MR) is 146 cm³/mol. The number of phenolic OH excluding ortho intramolecular Hbond substituents is 2. The van der Waals surface area contributed by atoms with Gasteiger partial charge in [-0.05, 0) is 103 Å². The molecule has 0 fully saturated rings.